The predicted octanol–water partition coefficient (Wildman–Crippen LogP) is 4.34. The van der Waals surface area contributed by atoms with E-state index in [1.54, 1.807) is 11.3 Å². The number of anilines is 1. The molecular weight excluding hydrogens is 394 g/mol. The number of nitrogens with zero attached hydrogens (tertiary/aromatic N) is 3. The van der Waals surface area contributed by atoms with Crippen molar-refractivity contribution >= 4 is 23.1 Å². The Kier molecular flexibility index (Phi) is 6.71. The van der Waals surface area contributed by atoms with Crippen molar-refractivity contribution in [3.63, 3.8) is 0 Å². The number of amides is 2. The molecule has 0 atom stereocenters. The minimum Gasteiger partial charge on any atom is -0.335 e. The molecule has 0 aliphatic carbocycles. The van der Waals surface area contributed by atoms with Crippen LogP contribution >= 0.6 is 11.3 Å². The molecule has 3 heterocycles. The zero-order valence-corrected chi connectivity index (χ0v) is 18.0. The highest BCUT2D eigenvalue weighted by Gasteiger charge is 2.20. The second-order valence-corrected chi connectivity index (χ2v) is 8.71. The lowest BCUT2D eigenvalue weighted by molar-refractivity contribution is 0.197. The fourth-order valence-electron chi connectivity index (χ4n) is 3.71. The van der Waals surface area contributed by atoms with Gasteiger partial charge < -0.3 is 15.5 Å². The third-order valence-corrected chi connectivity index (χ3v) is 6.22. The molecule has 0 unspecified atom stereocenters. The van der Waals surface area contributed by atoms with Crippen molar-refractivity contribution in [2.24, 2.45) is 0 Å². The van der Waals surface area contributed by atoms with Crippen molar-refractivity contribution in [1.82, 2.24) is 20.2 Å². The van der Waals surface area contributed by atoms with Crippen molar-refractivity contribution < 1.29 is 4.79 Å². The van der Waals surface area contributed by atoms with Gasteiger partial charge in [-0.05, 0) is 56.0 Å². The quantitative estimate of drug-likeness (QED) is 0.621. The van der Waals surface area contributed by atoms with Gasteiger partial charge in [0.05, 0.1) is 10.7 Å². The SMILES string of the molecule is Cc1nc(-c2ccc(NC(=O)NC3CCN(CCc4ccncc4)CC3)cc2)cs1. The van der Waals surface area contributed by atoms with Gasteiger partial charge in [-0.3, -0.25) is 4.98 Å². The van der Waals surface area contributed by atoms with Gasteiger partial charge in [0.2, 0.25) is 0 Å². The van der Waals surface area contributed by atoms with E-state index in [-0.39, 0.29) is 12.1 Å². The molecule has 0 saturated carbocycles. The van der Waals surface area contributed by atoms with Gasteiger partial charge >= 0.3 is 6.03 Å². The summed E-state index contributed by atoms with van der Waals surface area (Å²) in [5.74, 6) is 0. The van der Waals surface area contributed by atoms with Crippen LogP contribution in [0.3, 0.4) is 0 Å². The van der Waals surface area contributed by atoms with Crippen LogP contribution in [-0.4, -0.2) is 46.6 Å². The Labute approximate surface area is 181 Å². The summed E-state index contributed by atoms with van der Waals surface area (Å²) in [7, 11) is 0. The topological polar surface area (TPSA) is 70.2 Å². The fraction of sp³-hybridized carbons (Fsp3) is 0.348. The third-order valence-electron chi connectivity index (χ3n) is 5.45. The van der Waals surface area contributed by atoms with Crippen LogP contribution < -0.4 is 10.6 Å². The van der Waals surface area contributed by atoms with Crippen molar-refractivity contribution in [2.75, 3.05) is 25.0 Å². The second kappa shape index (κ2) is 9.82. The molecule has 3 aromatic rings. The molecule has 0 radical (unpaired) electrons. The summed E-state index contributed by atoms with van der Waals surface area (Å²) in [6.07, 6.45) is 6.69. The Morgan fingerprint density at radius 2 is 1.87 bits per heavy atom. The van der Waals surface area contributed by atoms with Gasteiger partial charge in [-0.25, -0.2) is 9.78 Å². The number of aromatic nitrogens is 2. The van der Waals surface area contributed by atoms with Crippen molar-refractivity contribution in [1.29, 1.82) is 0 Å². The molecule has 156 valence electrons. The number of thiazole rings is 1. The molecule has 1 fully saturated rings. The number of nitrogens with one attached hydrogen (secondary N) is 2. The summed E-state index contributed by atoms with van der Waals surface area (Å²) in [6.45, 7) is 5.07. The largest absolute Gasteiger partial charge is 0.335 e. The molecule has 1 aromatic carbocycles. The molecule has 30 heavy (non-hydrogen) atoms. The van der Waals surface area contributed by atoms with Crippen LogP contribution in [0.5, 0.6) is 0 Å². The van der Waals surface area contributed by atoms with E-state index < -0.39 is 0 Å². The van der Waals surface area contributed by atoms with Gasteiger partial charge in [-0.2, -0.15) is 0 Å². The summed E-state index contributed by atoms with van der Waals surface area (Å²) in [5, 5.41) is 9.16. The maximum Gasteiger partial charge on any atom is 0.319 e. The number of urea groups is 1. The molecule has 6 nitrogen and oxygen atoms in total. The molecule has 0 spiro atoms. The number of piperidine rings is 1. The number of aryl methyl sites for hydroxylation is 1. The van der Waals surface area contributed by atoms with Crippen molar-refractivity contribution in [3.05, 3.63) is 64.7 Å². The average molecular weight is 422 g/mol. The van der Waals surface area contributed by atoms with Crippen LogP contribution in [0.25, 0.3) is 11.3 Å². The van der Waals surface area contributed by atoms with Crippen LogP contribution in [0.1, 0.15) is 23.4 Å². The van der Waals surface area contributed by atoms with Gasteiger partial charge in [-0.1, -0.05) is 12.1 Å². The molecule has 2 amide bonds. The Hall–Kier alpha value is -2.77. The van der Waals surface area contributed by atoms with E-state index in [4.69, 9.17) is 0 Å². The van der Waals surface area contributed by atoms with Gasteiger partial charge in [0.25, 0.3) is 0 Å². The number of benzene rings is 1. The Morgan fingerprint density at radius 1 is 1.13 bits per heavy atom. The lowest BCUT2D eigenvalue weighted by atomic mass is 10.0. The molecular formula is C23H27N5OS. The van der Waals surface area contributed by atoms with Crippen LogP contribution in [0.15, 0.2) is 54.2 Å². The van der Waals surface area contributed by atoms with Gasteiger partial charge in [0, 0.05) is 54.7 Å². The Balaban J connectivity index is 1.19. The summed E-state index contributed by atoms with van der Waals surface area (Å²) in [5.41, 5.74) is 4.15. The maximum atomic E-state index is 12.4. The first-order chi connectivity index (χ1) is 14.7. The first kappa shape index (κ1) is 20.5. The Morgan fingerprint density at radius 3 is 2.53 bits per heavy atom. The second-order valence-electron chi connectivity index (χ2n) is 7.65. The molecule has 4 rings (SSSR count). The molecule has 2 N–H and O–H groups in total. The number of carbonyl (C=O) groups is 1. The van der Waals surface area contributed by atoms with E-state index in [1.165, 1.54) is 5.56 Å². The van der Waals surface area contributed by atoms with E-state index in [9.17, 15) is 4.79 Å². The van der Waals surface area contributed by atoms with Crippen LogP contribution in [0.2, 0.25) is 0 Å². The number of rotatable bonds is 6. The van der Waals surface area contributed by atoms with Crippen molar-refractivity contribution in [3.8, 4) is 11.3 Å². The highest BCUT2D eigenvalue weighted by atomic mass is 32.1. The monoisotopic (exact) mass is 421 g/mol. The molecule has 1 aliphatic rings. The Bertz CT molecular complexity index is 949. The number of hydrogen-bond donors (Lipinski definition) is 2. The summed E-state index contributed by atoms with van der Waals surface area (Å²) in [4.78, 5) is 23.4. The van der Waals surface area contributed by atoms with Crippen molar-refractivity contribution in [2.45, 2.75) is 32.2 Å². The van der Waals surface area contributed by atoms with E-state index in [0.717, 1.165) is 60.8 Å². The highest BCUT2D eigenvalue weighted by molar-refractivity contribution is 7.09. The maximum absolute atomic E-state index is 12.4. The van der Waals surface area contributed by atoms with E-state index >= 15 is 0 Å². The smallest absolute Gasteiger partial charge is 0.319 e. The highest BCUT2D eigenvalue weighted by Crippen LogP contribution is 2.23. The van der Waals surface area contributed by atoms with Gasteiger partial charge in [0.1, 0.15) is 0 Å². The average Bonchev–Trinajstić information content (AvgIpc) is 3.21. The summed E-state index contributed by atoms with van der Waals surface area (Å²) < 4.78 is 0. The first-order valence-corrected chi connectivity index (χ1v) is 11.2. The number of hydrogen-bond acceptors (Lipinski definition) is 5. The van der Waals surface area contributed by atoms with Crippen LogP contribution in [-0.2, 0) is 6.42 Å². The van der Waals surface area contributed by atoms with Gasteiger partial charge in [-0.15, -0.1) is 11.3 Å². The standard InChI is InChI=1S/C23H27N5OS/c1-17-25-22(16-30-17)19-2-4-20(5-3-19)26-23(29)27-21-9-14-28(15-10-21)13-8-18-6-11-24-12-7-18/h2-7,11-12,16,21H,8-10,13-15H2,1H3,(H2,26,27,29). The molecule has 1 saturated heterocycles. The number of likely N-dealkylation sites (tertiary alicyclic amines) is 1. The summed E-state index contributed by atoms with van der Waals surface area (Å²) >= 11 is 1.64. The third kappa shape index (κ3) is 5.64. The van der Waals surface area contributed by atoms with E-state index in [0.29, 0.717) is 0 Å². The molecule has 1 aliphatic heterocycles. The van der Waals surface area contributed by atoms with E-state index in [2.05, 4.69) is 37.6 Å². The zero-order valence-electron chi connectivity index (χ0n) is 17.2. The van der Waals surface area contributed by atoms with Crippen LogP contribution in [0, 0.1) is 6.92 Å². The number of pyridine rings is 1. The van der Waals surface area contributed by atoms with E-state index in [1.807, 2.05) is 49.0 Å². The lowest BCUT2D eigenvalue weighted by Crippen LogP contribution is -2.46. The fourth-order valence-corrected chi connectivity index (χ4v) is 4.33. The lowest BCUT2D eigenvalue weighted by Gasteiger charge is -2.32. The van der Waals surface area contributed by atoms with Crippen LogP contribution in [0.4, 0.5) is 10.5 Å². The zero-order chi connectivity index (χ0) is 20.8. The number of carbonyl (C=O) groups excluding carboxylic acids is 1. The normalized spacial score (nSPS) is 15.1. The summed E-state index contributed by atoms with van der Waals surface area (Å²) in [6, 6.07) is 12.1. The predicted molar refractivity (Wildman–Crippen MR) is 122 cm³/mol. The van der Waals surface area contributed by atoms with Gasteiger partial charge in [0.15, 0.2) is 0 Å². The molecule has 2 aromatic heterocycles. The molecule has 7 heteroatoms. The molecule has 0 bridgehead atoms. The minimum atomic E-state index is -0.137. The first-order valence-electron chi connectivity index (χ1n) is 10.4. The minimum absolute atomic E-state index is 0.137.